The lowest BCUT2D eigenvalue weighted by Crippen LogP contribution is -2.37. The molecule has 0 N–H and O–H groups in total. The standard InChI is InChI=1S/C19H25ClN4O2/c1-13-11-18(26-3)22-23(13)12-15-6-8-16(9-7-15)24(20)19(25)17-5-4-10-21-14(17)2/h4-5,10-11,15-16H,6-9,12H2,1-3H3. The Hall–Kier alpha value is -2.08. The molecule has 1 fully saturated rings. The third kappa shape index (κ3) is 4.01. The van der Waals surface area contributed by atoms with Crippen molar-refractivity contribution in [2.75, 3.05) is 7.11 Å². The monoisotopic (exact) mass is 376 g/mol. The molecule has 0 atom stereocenters. The Bertz CT molecular complexity index is 769. The van der Waals surface area contributed by atoms with Crippen molar-refractivity contribution in [3.63, 3.8) is 0 Å². The number of nitrogens with zero attached hydrogens (tertiary/aromatic N) is 4. The number of halogens is 1. The molecular weight excluding hydrogens is 352 g/mol. The number of carbonyl (C=O) groups excluding carboxylic acids is 1. The van der Waals surface area contributed by atoms with Crippen LogP contribution in [-0.4, -0.2) is 38.2 Å². The zero-order valence-electron chi connectivity index (χ0n) is 15.5. The quantitative estimate of drug-likeness (QED) is 0.745. The van der Waals surface area contributed by atoms with Crippen molar-refractivity contribution in [2.45, 2.75) is 52.1 Å². The van der Waals surface area contributed by atoms with Crippen molar-refractivity contribution in [1.82, 2.24) is 19.2 Å². The van der Waals surface area contributed by atoms with Crippen molar-refractivity contribution < 1.29 is 9.53 Å². The maximum atomic E-state index is 12.6. The van der Waals surface area contributed by atoms with Gasteiger partial charge in [-0.25, -0.2) is 4.42 Å². The SMILES string of the molecule is COc1cc(C)n(CC2CCC(N(Cl)C(=O)c3cccnc3C)CC2)n1. The van der Waals surface area contributed by atoms with E-state index >= 15 is 0 Å². The molecule has 0 saturated heterocycles. The first kappa shape index (κ1) is 18.7. The fourth-order valence-electron chi connectivity index (χ4n) is 3.55. The molecule has 1 saturated carbocycles. The first-order chi connectivity index (χ1) is 12.5. The van der Waals surface area contributed by atoms with E-state index in [4.69, 9.17) is 16.5 Å². The van der Waals surface area contributed by atoms with Gasteiger partial charge < -0.3 is 4.74 Å². The first-order valence-electron chi connectivity index (χ1n) is 8.99. The number of carbonyl (C=O) groups is 1. The van der Waals surface area contributed by atoms with Crippen LogP contribution in [0.4, 0.5) is 0 Å². The Kier molecular flexibility index (Phi) is 5.81. The van der Waals surface area contributed by atoms with Crippen LogP contribution in [0.15, 0.2) is 24.4 Å². The van der Waals surface area contributed by atoms with E-state index in [1.54, 1.807) is 25.4 Å². The van der Waals surface area contributed by atoms with Gasteiger partial charge in [0.15, 0.2) is 0 Å². The maximum absolute atomic E-state index is 12.6. The van der Waals surface area contributed by atoms with Gasteiger partial charge in [0.2, 0.25) is 5.88 Å². The molecule has 1 aliphatic carbocycles. The summed E-state index contributed by atoms with van der Waals surface area (Å²) in [6.07, 6.45) is 5.53. The topological polar surface area (TPSA) is 60.2 Å². The van der Waals surface area contributed by atoms with Crippen LogP contribution in [0, 0.1) is 19.8 Å². The molecule has 0 aromatic carbocycles. The Balaban J connectivity index is 1.57. The number of hydrogen-bond acceptors (Lipinski definition) is 4. The smallest absolute Gasteiger partial charge is 0.270 e. The lowest BCUT2D eigenvalue weighted by Gasteiger charge is -2.33. The van der Waals surface area contributed by atoms with Gasteiger partial charge in [0.1, 0.15) is 0 Å². The van der Waals surface area contributed by atoms with E-state index in [1.165, 1.54) is 4.42 Å². The highest BCUT2D eigenvalue weighted by Crippen LogP contribution is 2.31. The van der Waals surface area contributed by atoms with Crippen LogP contribution in [0.25, 0.3) is 0 Å². The molecule has 2 heterocycles. The number of amides is 1. The number of methoxy groups -OCH3 is 1. The molecule has 6 nitrogen and oxygen atoms in total. The molecule has 0 radical (unpaired) electrons. The van der Waals surface area contributed by atoms with Crippen LogP contribution in [0.3, 0.4) is 0 Å². The van der Waals surface area contributed by atoms with E-state index in [0.717, 1.165) is 37.9 Å². The summed E-state index contributed by atoms with van der Waals surface area (Å²) in [7, 11) is 1.63. The fourth-order valence-corrected chi connectivity index (χ4v) is 3.84. The zero-order chi connectivity index (χ0) is 18.7. The molecule has 7 heteroatoms. The number of pyridine rings is 1. The maximum Gasteiger partial charge on any atom is 0.270 e. The van der Waals surface area contributed by atoms with Gasteiger partial charge in [0.05, 0.1) is 18.4 Å². The van der Waals surface area contributed by atoms with Crippen molar-refractivity contribution >= 4 is 17.7 Å². The van der Waals surface area contributed by atoms with E-state index in [-0.39, 0.29) is 11.9 Å². The molecule has 140 valence electrons. The summed E-state index contributed by atoms with van der Waals surface area (Å²) >= 11 is 6.39. The van der Waals surface area contributed by atoms with Crippen LogP contribution >= 0.6 is 11.8 Å². The molecular formula is C19H25ClN4O2. The minimum absolute atomic E-state index is 0.0632. The molecule has 0 aliphatic heterocycles. The number of hydrogen-bond donors (Lipinski definition) is 0. The summed E-state index contributed by atoms with van der Waals surface area (Å²) < 4.78 is 8.58. The normalized spacial score (nSPS) is 20.0. The Morgan fingerprint density at radius 3 is 2.69 bits per heavy atom. The predicted octanol–water partition coefficient (Wildman–Crippen LogP) is 3.76. The Morgan fingerprint density at radius 1 is 1.35 bits per heavy atom. The summed E-state index contributed by atoms with van der Waals surface area (Å²) in [5.41, 5.74) is 2.38. The second kappa shape index (κ2) is 8.08. The third-order valence-electron chi connectivity index (χ3n) is 5.17. The Morgan fingerprint density at radius 2 is 2.08 bits per heavy atom. The number of ether oxygens (including phenoxy) is 1. The van der Waals surface area contributed by atoms with Gasteiger partial charge in [-0.2, -0.15) is 0 Å². The predicted molar refractivity (Wildman–Crippen MR) is 100 cm³/mol. The second-order valence-corrected chi connectivity index (χ2v) is 7.30. The average molecular weight is 377 g/mol. The van der Waals surface area contributed by atoms with Gasteiger partial charge in [-0.05, 0) is 57.6 Å². The Labute approximate surface area is 159 Å². The van der Waals surface area contributed by atoms with Crippen molar-refractivity contribution in [2.24, 2.45) is 5.92 Å². The van der Waals surface area contributed by atoms with Gasteiger partial charge >= 0.3 is 0 Å². The average Bonchev–Trinajstić information content (AvgIpc) is 3.01. The molecule has 2 aromatic heterocycles. The lowest BCUT2D eigenvalue weighted by atomic mass is 9.86. The van der Waals surface area contributed by atoms with E-state index in [9.17, 15) is 4.79 Å². The molecule has 2 aromatic rings. The van der Waals surface area contributed by atoms with Crippen LogP contribution < -0.4 is 4.74 Å². The highest BCUT2D eigenvalue weighted by atomic mass is 35.5. The minimum atomic E-state index is -0.159. The van der Waals surface area contributed by atoms with E-state index in [2.05, 4.69) is 10.1 Å². The van der Waals surface area contributed by atoms with E-state index in [0.29, 0.717) is 23.1 Å². The summed E-state index contributed by atoms with van der Waals surface area (Å²) in [5, 5.41) is 4.45. The number of rotatable bonds is 5. The summed E-state index contributed by atoms with van der Waals surface area (Å²) in [6.45, 7) is 4.74. The van der Waals surface area contributed by atoms with Crippen LogP contribution in [0.2, 0.25) is 0 Å². The van der Waals surface area contributed by atoms with Gasteiger partial charge in [-0.3, -0.25) is 14.5 Å². The van der Waals surface area contributed by atoms with Gasteiger partial charge in [-0.1, -0.05) is 0 Å². The third-order valence-corrected chi connectivity index (χ3v) is 5.60. The molecule has 3 rings (SSSR count). The van der Waals surface area contributed by atoms with Crippen LogP contribution in [0.5, 0.6) is 5.88 Å². The molecule has 0 spiro atoms. The van der Waals surface area contributed by atoms with E-state index < -0.39 is 0 Å². The van der Waals surface area contributed by atoms with Gasteiger partial charge in [-0.15, -0.1) is 5.10 Å². The summed E-state index contributed by atoms with van der Waals surface area (Å²) in [6, 6.07) is 5.55. The highest BCUT2D eigenvalue weighted by Gasteiger charge is 2.29. The van der Waals surface area contributed by atoms with Crippen molar-refractivity contribution in [1.29, 1.82) is 0 Å². The number of aryl methyl sites for hydroxylation is 2. The molecule has 0 unspecified atom stereocenters. The van der Waals surface area contributed by atoms with Gasteiger partial charge in [0, 0.05) is 42.3 Å². The van der Waals surface area contributed by atoms with E-state index in [1.807, 2.05) is 24.6 Å². The zero-order valence-corrected chi connectivity index (χ0v) is 16.2. The highest BCUT2D eigenvalue weighted by molar-refractivity contribution is 6.24. The second-order valence-electron chi connectivity index (χ2n) is 6.94. The molecule has 1 aliphatic rings. The molecule has 0 bridgehead atoms. The molecule has 1 amide bonds. The first-order valence-corrected chi connectivity index (χ1v) is 9.32. The largest absolute Gasteiger partial charge is 0.480 e. The van der Waals surface area contributed by atoms with Crippen molar-refractivity contribution in [3.05, 3.63) is 41.3 Å². The van der Waals surface area contributed by atoms with Crippen molar-refractivity contribution in [3.8, 4) is 5.88 Å². The van der Waals surface area contributed by atoms with Crippen LogP contribution in [-0.2, 0) is 6.54 Å². The lowest BCUT2D eigenvalue weighted by molar-refractivity contribution is 0.0782. The molecule has 26 heavy (non-hydrogen) atoms. The number of aromatic nitrogens is 3. The minimum Gasteiger partial charge on any atom is -0.480 e. The summed E-state index contributed by atoms with van der Waals surface area (Å²) in [4.78, 5) is 16.8. The summed E-state index contributed by atoms with van der Waals surface area (Å²) in [5.74, 6) is 1.03. The van der Waals surface area contributed by atoms with Gasteiger partial charge in [0.25, 0.3) is 5.91 Å². The van der Waals surface area contributed by atoms with Crippen LogP contribution in [0.1, 0.15) is 47.4 Å². The fraction of sp³-hybridized carbons (Fsp3) is 0.526.